The average Bonchev–Trinajstić information content (AvgIpc) is 3.90. The van der Waals surface area contributed by atoms with Crippen molar-refractivity contribution < 1.29 is 0 Å². The third-order valence-electron chi connectivity index (χ3n) is 12.5. The molecule has 59 heavy (non-hydrogen) atoms. The predicted octanol–water partition coefficient (Wildman–Crippen LogP) is 14.0. The molecule has 0 fully saturated rings. The second-order valence-corrected chi connectivity index (χ2v) is 16.2. The van der Waals surface area contributed by atoms with Crippen LogP contribution >= 0.6 is 0 Å². The summed E-state index contributed by atoms with van der Waals surface area (Å²) in [5, 5.41) is 5.09. The molecule has 11 aromatic rings. The molecule has 0 atom stereocenters. The van der Waals surface area contributed by atoms with Crippen LogP contribution in [-0.4, -0.2) is 19.1 Å². The van der Waals surface area contributed by atoms with Gasteiger partial charge >= 0.3 is 0 Å². The molecule has 1 aliphatic rings. The molecule has 0 unspecified atom stereocenters. The summed E-state index contributed by atoms with van der Waals surface area (Å²) in [6, 6.07) is 69.6. The molecular weight excluding hydrogens is 717 g/mol. The number of hydrogen-bond donors (Lipinski definition) is 0. The van der Waals surface area contributed by atoms with Crippen LogP contribution in [0.3, 0.4) is 0 Å². The first-order chi connectivity index (χ1) is 29.1. The molecule has 0 bridgehead atoms. The van der Waals surface area contributed by atoms with E-state index in [9.17, 15) is 0 Å². The van der Waals surface area contributed by atoms with E-state index in [1.54, 1.807) is 0 Å². The van der Waals surface area contributed by atoms with Gasteiger partial charge in [0.2, 0.25) is 0 Å². The molecule has 0 amide bonds. The maximum absolute atomic E-state index is 5.24. The average molecular weight is 755 g/mol. The molecule has 12 rings (SSSR count). The first-order valence-electron chi connectivity index (χ1n) is 20.3. The van der Waals surface area contributed by atoms with Crippen molar-refractivity contribution in [2.75, 3.05) is 0 Å². The van der Waals surface area contributed by atoms with E-state index in [4.69, 9.17) is 9.97 Å². The van der Waals surface area contributed by atoms with Gasteiger partial charge in [-0.3, -0.25) is 0 Å². The van der Waals surface area contributed by atoms with E-state index in [1.807, 2.05) is 24.3 Å². The fourth-order valence-electron chi connectivity index (χ4n) is 9.95. The molecule has 1 aliphatic carbocycles. The van der Waals surface area contributed by atoms with Crippen LogP contribution in [0.25, 0.3) is 100 Å². The Bertz CT molecular complexity index is 3390. The van der Waals surface area contributed by atoms with E-state index in [0.29, 0.717) is 5.82 Å². The van der Waals surface area contributed by atoms with E-state index in [0.717, 1.165) is 39.5 Å². The van der Waals surface area contributed by atoms with Crippen LogP contribution < -0.4 is 0 Å². The molecule has 278 valence electrons. The normalized spacial score (nSPS) is 13.1. The molecule has 8 aromatic carbocycles. The Balaban J connectivity index is 1.23. The Morgan fingerprint density at radius 1 is 0.424 bits per heavy atom. The summed E-state index contributed by atoms with van der Waals surface area (Å²) in [5.74, 6) is 0.704. The fraction of sp³-hybridized carbons (Fsp3) is 0.0545. The lowest BCUT2D eigenvalue weighted by Crippen LogP contribution is -2.15. The summed E-state index contributed by atoms with van der Waals surface area (Å²) in [7, 11) is 0. The molecule has 4 heteroatoms. The van der Waals surface area contributed by atoms with Gasteiger partial charge < -0.3 is 9.13 Å². The van der Waals surface area contributed by atoms with Crippen molar-refractivity contribution in [2.24, 2.45) is 0 Å². The summed E-state index contributed by atoms with van der Waals surface area (Å²) >= 11 is 0. The maximum atomic E-state index is 5.24. The zero-order valence-electron chi connectivity index (χ0n) is 32.8. The molecule has 3 heterocycles. The Morgan fingerprint density at radius 3 is 1.64 bits per heavy atom. The third-order valence-corrected chi connectivity index (χ3v) is 12.5. The lowest BCUT2D eigenvalue weighted by atomic mass is 9.80. The van der Waals surface area contributed by atoms with Crippen molar-refractivity contribution in [3.63, 3.8) is 0 Å². The lowest BCUT2D eigenvalue weighted by Gasteiger charge is -2.23. The minimum absolute atomic E-state index is 0.242. The monoisotopic (exact) mass is 754 g/mol. The van der Waals surface area contributed by atoms with Gasteiger partial charge in [0.25, 0.3) is 0 Å². The minimum atomic E-state index is -0.242. The molecule has 4 nitrogen and oxygen atoms in total. The Hall–Kier alpha value is -7.56. The Morgan fingerprint density at radius 2 is 0.932 bits per heavy atom. The van der Waals surface area contributed by atoms with Gasteiger partial charge in [0, 0.05) is 55.0 Å². The Kier molecular flexibility index (Phi) is 7.24. The third kappa shape index (κ3) is 4.90. The zero-order chi connectivity index (χ0) is 39.2. The molecular formula is C55H38N4. The van der Waals surface area contributed by atoms with Crippen molar-refractivity contribution in [3.05, 3.63) is 205 Å². The number of benzene rings is 8. The number of rotatable bonds is 5. The van der Waals surface area contributed by atoms with Crippen LogP contribution in [-0.2, 0) is 5.41 Å². The summed E-state index contributed by atoms with van der Waals surface area (Å²) < 4.78 is 5.02. The first kappa shape index (κ1) is 33.6. The summed E-state index contributed by atoms with van der Waals surface area (Å²) in [6.45, 7) is 4.83. The van der Waals surface area contributed by atoms with E-state index in [2.05, 4.69) is 193 Å². The van der Waals surface area contributed by atoms with Gasteiger partial charge in [0.1, 0.15) is 0 Å². The highest BCUT2D eigenvalue weighted by atomic mass is 15.0. The largest absolute Gasteiger partial charge is 0.307 e. The predicted molar refractivity (Wildman–Crippen MR) is 245 cm³/mol. The molecule has 0 saturated heterocycles. The van der Waals surface area contributed by atoms with E-state index in [-0.39, 0.29) is 5.41 Å². The molecule has 0 aliphatic heterocycles. The van der Waals surface area contributed by atoms with Crippen LogP contribution in [0.4, 0.5) is 0 Å². The van der Waals surface area contributed by atoms with Crippen molar-refractivity contribution >= 4 is 43.6 Å². The highest BCUT2D eigenvalue weighted by Crippen LogP contribution is 2.58. The van der Waals surface area contributed by atoms with Gasteiger partial charge in [-0.15, -0.1) is 0 Å². The van der Waals surface area contributed by atoms with Crippen LogP contribution in [0.15, 0.2) is 194 Å². The molecule has 0 spiro atoms. The zero-order valence-corrected chi connectivity index (χ0v) is 32.8. The van der Waals surface area contributed by atoms with Crippen LogP contribution in [0.5, 0.6) is 0 Å². The second kappa shape index (κ2) is 12.7. The minimum Gasteiger partial charge on any atom is -0.307 e. The highest BCUT2D eigenvalue weighted by Gasteiger charge is 2.41. The van der Waals surface area contributed by atoms with Gasteiger partial charge in [0.05, 0.1) is 33.5 Å². The van der Waals surface area contributed by atoms with Crippen molar-refractivity contribution in [2.45, 2.75) is 19.3 Å². The van der Waals surface area contributed by atoms with Gasteiger partial charge in [0.15, 0.2) is 5.82 Å². The van der Waals surface area contributed by atoms with Crippen LogP contribution in [0, 0.1) is 0 Å². The Labute approximate surface area is 342 Å². The SMILES string of the molecule is CC1(C)c2ccccc2-c2c1c1c3ccccc3n(-c3cccc(-c4cc(-c5ccccc5)nc(-c5ccccc5)n4)c3)c1c1c2c2ccccc2n1-c1ccccc1. The number of para-hydroxylation sites is 3. The summed E-state index contributed by atoms with van der Waals surface area (Å²) in [5.41, 5.74) is 17.0. The van der Waals surface area contributed by atoms with Crippen molar-refractivity contribution in [1.29, 1.82) is 0 Å². The van der Waals surface area contributed by atoms with Crippen molar-refractivity contribution in [3.8, 4) is 56.4 Å². The maximum Gasteiger partial charge on any atom is 0.160 e. The second-order valence-electron chi connectivity index (χ2n) is 16.2. The van der Waals surface area contributed by atoms with E-state index in [1.165, 1.54) is 65.9 Å². The number of nitrogens with zero attached hydrogens (tertiary/aromatic N) is 4. The number of hydrogen-bond acceptors (Lipinski definition) is 2. The van der Waals surface area contributed by atoms with E-state index < -0.39 is 0 Å². The molecule has 0 saturated carbocycles. The standard InChI is InChI=1S/C55H38N4/c1-55(2)43-30-15-12-27-40(43)48-49-41-28-13-16-31-46(41)58(38-24-10-5-11-25-38)52(49)53-50(51(48)55)42-29-14-17-32-47(42)59(53)39-26-18-23-37(33-39)45-34-44(35-19-6-3-7-20-35)56-54(57-45)36-21-8-4-9-22-36/h3-34H,1-2H3. The lowest BCUT2D eigenvalue weighted by molar-refractivity contribution is 0.667. The first-order valence-corrected chi connectivity index (χ1v) is 20.3. The van der Waals surface area contributed by atoms with E-state index >= 15 is 0 Å². The van der Waals surface area contributed by atoms with Crippen LogP contribution in [0.1, 0.15) is 25.0 Å². The van der Waals surface area contributed by atoms with Gasteiger partial charge in [-0.2, -0.15) is 0 Å². The molecule has 0 radical (unpaired) electrons. The molecule has 0 N–H and O–H groups in total. The van der Waals surface area contributed by atoms with Crippen LogP contribution in [0.2, 0.25) is 0 Å². The van der Waals surface area contributed by atoms with Crippen molar-refractivity contribution in [1.82, 2.24) is 19.1 Å². The summed E-state index contributed by atoms with van der Waals surface area (Å²) in [4.78, 5) is 10.3. The highest BCUT2D eigenvalue weighted by molar-refractivity contribution is 6.31. The van der Waals surface area contributed by atoms with Gasteiger partial charge in [-0.1, -0.05) is 166 Å². The fourth-order valence-corrected chi connectivity index (χ4v) is 9.95. The summed E-state index contributed by atoms with van der Waals surface area (Å²) in [6.07, 6.45) is 0. The number of aromatic nitrogens is 4. The van der Waals surface area contributed by atoms with Gasteiger partial charge in [-0.05, 0) is 64.7 Å². The molecule has 3 aromatic heterocycles. The topological polar surface area (TPSA) is 35.6 Å². The quantitative estimate of drug-likeness (QED) is 0.175. The number of fused-ring (bicyclic) bond motifs is 12. The van der Waals surface area contributed by atoms with Gasteiger partial charge in [-0.25, -0.2) is 9.97 Å². The smallest absolute Gasteiger partial charge is 0.160 e.